The van der Waals surface area contributed by atoms with Crippen molar-refractivity contribution in [1.29, 1.82) is 0 Å². The van der Waals surface area contributed by atoms with Gasteiger partial charge in [0.1, 0.15) is 5.82 Å². The molecule has 0 saturated carbocycles. The van der Waals surface area contributed by atoms with Gasteiger partial charge in [-0.1, -0.05) is 48.5 Å². The lowest BCUT2D eigenvalue weighted by Crippen LogP contribution is -2.47. The quantitative estimate of drug-likeness (QED) is 0.638. The van der Waals surface area contributed by atoms with Crippen molar-refractivity contribution in [1.82, 2.24) is 9.97 Å². The van der Waals surface area contributed by atoms with Crippen molar-refractivity contribution in [2.75, 3.05) is 47.8 Å². The Kier molecular flexibility index (Phi) is 5.75. The van der Waals surface area contributed by atoms with Crippen LogP contribution in [0, 0.1) is 6.92 Å². The molecule has 1 fully saturated rings. The summed E-state index contributed by atoms with van der Waals surface area (Å²) < 4.78 is 0. The van der Waals surface area contributed by atoms with Gasteiger partial charge in [0, 0.05) is 50.0 Å². The van der Waals surface area contributed by atoms with Crippen LogP contribution in [0.5, 0.6) is 0 Å². The second-order valence-corrected chi connectivity index (χ2v) is 7.28. The molecule has 4 rings (SSSR count). The SMILES string of the molecule is C=CCNc1nc(-c2ccccc2)cc(N2CCN(c3cccc(C)c3)CC2)n1. The van der Waals surface area contributed by atoms with Crippen LogP contribution >= 0.6 is 0 Å². The fourth-order valence-corrected chi connectivity index (χ4v) is 3.61. The number of nitrogens with zero attached hydrogens (tertiary/aromatic N) is 4. The standard InChI is InChI=1S/C24H27N5/c1-3-12-25-24-26-22(20-9-5-4-6-10-20)18-23(27-24)29-15-13-28(14-16-29)21-11-7-8-19(2)17-21/h3-11,17-18H,1,12-16H2,2H3,(H,25,26,27). The normalized spacial score (nSPS) is 14.0. The van der Waals surface area contributed by atoms with Gasteiger partial charge < -0.3 is 15.1 Å². The lowest BCUT2D eigenvalue weighted by Gasteiger charge is -2.37. The topological polar surface area (TPSA) is 44.3 Å². The third-order valence-electron chi connectivity index (χ3n) is 5.16. The minimum absolute atomic E-state index is 0.638. The lowest BCUT2D eigenvalue weighted by molar-refractivity contribution is 0.647. The van der Waals surface area contributed by atoms with E-state index in [4.69, 9.17) is 9.97 Å². The van der Waals surface area contributed by atoms with Crippen LogP contribution in [0.2, 0.25) is 0 Å². The summed E-state index contributed by atoms with van der Waals surface area (Å²) in [7, 11) is 0. The molecule has 2 aromatic carbocycles. The molecule has 0 atom stereocenters. The highest BCUT2D eigenvalue weighted by molar-refractivity contribution is 5.65. The fraction of sp³-hybridized carbons (Fsp3) is 0.250. The van der Waals surface area contributed by atoms with Crippen molar-refractivity contribution < 1.29 is 0 Å². The van der Waals surface area contributed by atoms with E-state index in [0.29, 0.717) is 12.5 Å². The van der Waals surface area contributed by atoms with Crippen LogP contribution in [0.1, 0.15) is 5.56 Å². The number of rotatable bonds is 6. The molecule has 0 amide bonds. The summed E-state index contributed by atoms with van der Waals surface area (Å²) in [5.41, 5.74) is 4.62. The van der Waals surface area contributed by atoms with Gasteiger partial charge in [0.2, 0.25) is 5.95 Å². The van der Waals surface area contributed by atoms with Crippen LogP contribution in [0.15, 0.2) is 73.3 Å². The maximum atomic E-state index is 4.77. The Morgan fingerprint density at radius 2 is 1.69 bits per heavy atom. The number of hydrogen-bond donors (Lipinski definition) is 1. The van der Waals surface area contributed by atoms with E-state index < -0.39 is 0 Å². The minimum Gasteiger partial charge on any atom is -0.368 e. The van der Waals surface area contributed by atoms with Gasteiger partial charge in [-0.05, 0) is 24.6 Å². The Balaban J connectivity index is 1.55. The van der Waals surface area contributed by atoms with E-state index in [1.165, 1.54) is 11.3 Å². The molecule has 5 nitrogen and oxygen atoms in total. The van der Waals surface area contributed by atoms with Gasteiger partial charge in [-0.25, -0.2) is 4.98 Å². The first-order valence-corrected chi connectivity index (χ1v) is 10.1. The average Bonchev–Trinajstić information content (AvgIpc) is 2.78. The van der Waals surface area contributed by atoms with Crippen LogP contribution in [0.25, 0.3) is 11.3 Å². The van der Waals surface area contributed by atoms with Gasteiger partial charge in [0.25, 0.3) is 0 Å². The first-order valence-electron chi connectivity index (χ1n) is 10.1. The third-order valence-corrected chi connectivity index (χ3v) is 5.16. The molecule has 3 aromatic rings. The van der Waals surface area contributed by atoms with Crippen LogP contribution in [0.3, 0.4) is 0 Å². The first kappa shape index (κ1) is 19.0. The zero-order valence-electron chi connectivity index (χ0n) is 16.9. The molecule has 2 heterocycles. The van der Waals surface area contributed by atoms with Gasteiger partial charge in [-0.2, -0.15) is 4.98 Å². The van der Waals surface area contributed by atoms with Crippen LogP contribution in [-0.2, 0) is 0 Å². The molecule has 0 radical (unpaired) electrons. The van der Waals surface area contributed by atoms with E-state index in [1.54, 1.807) is 0 Å². The van der Waals surface area contributed by atoms with Gasteiger partial charge >= 0.3 is 0 Å². The van der Waals surface area contributed by atoms with Crippen molar-refractivity contribution in [3.63, 3.8) is 0 Å². The highest BCUT2D eigenvalue weighted by Crippen LogP contribution is 2.25. The molecule has 1 N–H and O–H groups in total. The molecule has 29 heavy (non-hydrogen) atoms. The first-order chi connectivity index (χ1) is 14.2. The summed E-state index contributed by atoms with van der Waals surface area (Å²) >= 11 is 0. The molecule has 1 aliphatic heterocycles. The van der Waals surface area contributed by atoms with Crippen LogP contribution < -0.4 is 15.1 Å². The predicted octanol–water partition coefficient (Wildman–Crippen LogP) is 4.38. The highest BCUT2D eigenvalue weighted by Gasteiger charge is 2.20. The van der Waals surface area contributed by atoms with Gasteiger partial charge in [-0.15, -0.1) is 6.58 Å². The van der Waals surface area contributed by atoms with Crippen molar-refractivity contribution in [3.05, 3.63) is 78.9 Å². The Hall–Kier alpha value is -3.34. The summed E-state index contributed by atoms with van der Waals surface area (Å²) in [4.78, 5) is 14.3. The number of nitrogens with one attached hydrogen (secondary N) is 1. The Morgan fingerprint density at radius 1 is 0.931 bits per heavy atom. The summed E-state index contributed by atoms with van der Waals surface area (Å²) in [6.45, 7) is 10.4. The molecule has 0 aliphatic carbocycles. The predicted molar refractivity (Wildman–Crippen MR) is 122 cm³/mol. The third kappa shape index (κ3) is 4.57. The molecule has 1 aromatic heterocycles. The molecule has 1 aliphatic rings. The Morgan fingerprint density at radius 3 is 2.41 bits per heavy atom. The summed E-state index contributed by atoms with van der Waals surface area (Å²) in [5, 5.41) is 3.25. The van der Waals surface area contributed by atoms with Crippen molar-refractivity contribution in [2.45, 2.75) is 6.92 Å². The maximum absolute atomic E-state index is 4.77. The van der Waals surface area contributed by atoms with Gasteiger partial charge in [0.05, 0.1) is 5.69 Å². The molecule has 148 valence electrons. The number of aryl methyl sites for hydroxylation is 1. The minimum atomic E-state index is 0.638. The molecule has 0 bridgehead atoms. The van der Waals surface area contributed by atoms with E-state index in [9.17, 15) is 0 Å². The second kappa shape index (κ2) is 8.78. The van der Waals surface area contributed by atoms with E-state index in [2.05, 4.69) is 71.1 Å². The largest absolute Gasteiger partial charge is 0.368 e. The van der Waals surface area contributed by atoms with Crippen molar-refractivity contribution in [2.24, 2.45) is 0 Å². The molecule has 0 unspecified atom stereocenters. The summed E-state index contributed by atoms with van der Waals surface area (Å²) in [5.74, 6) is 1.61. The molecular formula is C24H27N5. The fourth-order valence-electron chi connectivity index (χ4n) is 3.61. The number of benzene rings is 2. The van der Waals surface area contributed by atoms with Crippen LogP contribution in [-0.4, -0.2) is 42.7 Å². The summed E-state index contributed by atoms with van der Waals surface area (Å²) in [6.07, 6.45) is 1.82. The zero-order valence-corrected chi connectivity index (χ0v) is 16.9. The van der Waals surface area contributed by atoms with E-state index in [1.807, 2.05) is 24.3 Å². The number of hydrogen-bond acceptors (Lipinski definition) is 5. The van der Waals surface area contributed by atoms with Crippen molar-refractivity contribution >= 4 is 17.5 Å². The Labute approximate surface area is 172 Å². The molecule has 1 saturated heterocycles. The monoisotopic (exact) mass is 385 g/mol. The van der Waals surface area contributed by atoms with Crippen LogP contribution in [0.4, 0.5) is 17.5 Å². The number of piperazine rings is 1. The molecule has 0 spiro atoms. The maximum Gasteiger partial charge on any atom is 0.225 e. The average molecular weight is 386 g/mol. The zero-order chi connectivity index (χ0) is 20.1. The number of aromatic nitrogens is 2. The lowest BCUT2D eigenvalue weighted by atomic mass is 10.1. The van der Waals surface area contributed by atoms with Crippen molar-refractivity contribution in [3.8, 4) is 11.3 Å². The Bertz CT molecular complexity index is 962. The van der Waals surface area contributed by atoms with E-state index in [-0.39, 0.29) is 0 Å². The number of anilines is 3. The molecular weight excluding hydrogens is 358 g/mol. The van der Waals surface area contributed by atoms with E-state index >= 15 is 0 Å². The summed E-state index contributed by atoms with van der Waals surface area (Å²) in [6, 6.07) is 21.1. The molecule has 5 heteroatoms. The van der Waals surface area contributed by atoms with Gasteiger partial charge in [0.15, 0.2) is 0 Å². The smallest absolute Gasteiger partial charge is 0.225 e. The highest BCUT2D eigenvalue weighted by atomic mass is 15.3. The second-order valence-electron chi connectivity index (χ2n) is 7.28. The van der Waals surface area contributed by atoms with E-state index in [0.717, 1.165) is 43.3 Å². The van der Waals surface area contributed by atoms with Gasteiger partial charge in [-0.3, -0.25) is 0 Å².